The SMILES string of the molecule is CC[C@H](C)[C@H](NC(=O)CC1CC(c2ccccc2)C1)C(=O)O. The molecule has 1 aromatic carbocycles. The average molecular weight is 303 g/mol. The second-order valence-corrected chi connectivity index (χ2v) is 6.42. The number of aliphatic carboxylic acids is 1. The number of nitrogens with one attached hydrogen (secondary N) is 1. The molecule has 0 aliphatic heterocycles. The molecule has 1 amide bonds. The summed E-state index contributed by atoms with van der Waals surface area (Å²) in [5.74, 6) is -0.219. The summed E-state index contributed by atoms with van der Waals surface area (Å²) in [6.07, 6.45) is 3.19. The fourth-order valence-electron chi connectivity index (χ4n) is 3.08. The van der Waals surface area contributed by atoms with Crippen LogP contribution < -0.4 is 5.32 Å². The molecule has 0 bridgehead atoms. The van der Waals surface area contributed by atoms with Crippen molar-refractivity contribution < 1.29 is 14.7 Å². The van der Waals surface area contributed by atoms with Gasteiger partial charge in [-0.05, 0) is 36.2 Å². The summed E-state index contributed by atoms with van der Waals surface area (Å²) < 4.78 is 0. The lowest BCUT2D eigenvalue weighted by Crippen LogP contribution is -2.46. The fraction of sp³-hybridized carbons (Fsp3) is 0.556. The van der Waals surface area contributed by atoms with Crippen LogP contribution in [0.15, 0.2) is 30.3 Å². The van der Waals surface area contributed by atoms with Crippen LogP contribution in [0.3, 0.4) is 0 Å². The number of benzene rings is 1. The van der Waals surface area contributed by atoms with E-state index in [0.717, 1.165) is 19.3 Å². The lowest BCUT2D eigenvalue weighted by atomic mass is 9.70. The zero-order valence-electron chi connectivity index (χ0n) is 13.3. The van der Waals surface area contributed by atoms with Crippen LogP contribution in [0.2, 0.25) is 0 Å². The first-order valence-corrected chi connectivity index (χ1v) is 8.08. The number of hydrogen-bond donors (Lipinski definition) is 2. The highest BCUT2D eigenvalue weighted by Crippen LogP contribution is 2.43. The second kappa shape index (κ2) is 7.43. The van der Waals surface area contributed by atoms with Crippen molar-refractivity contribution >= 4 is 11.9 Å². The largest absolute Gasteiger partial charge is 0.480 e. The van der Waals surface area contributed by atoms with Gasteiger partial charge in [-0.15, -0.1) is 0 Å². The normalized spacial score (nSPS) is 23.2. The molecule has 0 saturated heterocycles. The summed E-state index contributed by atoms with van der Waals surface area (Å²) in [5.41, 5.74) is 1.34. The van der Waals surface area contributed by atoms with Gasteiger partial charge < -0.3 is 10.4 Å². The minimum absolute atomic E-state index is 0.0556. The highest BCUT2D eigenvalue weighted by molar-refractivity contribution is 5.83. The van der Waals surface area contributed by atoms with Crippen molar-refractivity contribution in [3.8, 4) is 0 Å². The Morgan fingerprint density at radius 1 is 1.27 bits per heavy atom. The highest BCUT2D eigenvalue weighted by atomic mass is 16.4. The van der Waals surface area contributed by atoms with Crippen molar-refractivity contribution in [2.24, 2.45) is 11.8 Å². The minimum Gasteiger partial charge on any atom is -0.480 e. The van der Waals surface area contributed by atoms with E-state index in [1.807, 2.05) is 32.0 Å². The van der Waals surface area contributed by atoms with Gasteiger partial charge in [0.2, 0.25) is 5.91 Å². The number of carboxylic acid groups (broad SMARTS) is 1. The van der Waals surface area contributed by atoms with E-state index in [9.17, 15) is 14.7 Å². The molecule has 1 saturated carbocycles. The summed E-state index contributed by atoms with van der Waals surface area (Å²) in [7, 11) is 0. The van der Waals surface area contributed by atoms with Crippen LogP contribution in [-0.4, -0.2) is 23.0 Å². The molecule has 1 aromatic rings. The average Bonchev–Trinajstić information content (AvgIpc) is 2.47. The van der Waals surface area contributed by atoms with E-state index < -0.39 is 12.0 Å². The van der Waals surface area contributed by atoms with Crippen LogP contribution in [0.5, 0.6) is 0 Å². The van der Waals surface area contributed by atoms with E-state index in [0.29, 0.717) is 18.3 Å². The first-order chi connectivity index (χ1) is 10.5. The highest BCUT2D eigenvalue weighted by Gasteiger charge is 2.33. The molecule has 1 aliphatic carbocycles. The number of hydrogen-bond acceptors (Lipinski definition) is 2. The Bertz CT molecular complexity index is 508. The van der Waals surface area contributed by atoms with E-state index in [-0.39, 0.29) is 11.8 Å². The standard InChI is InChI=1S/C18H25NO3/c1-3-12(2)17(18(21)22)19-16(20)11-13-9-15(10-13)14-7-5-4-6-8-14/h4-8,12-13,15,17H,3,9-11H2,1-2H3,(H,19,20)(H,21,22)/t12-,13?,15?,17-/m0/s1. The van der Waals surface area contributed by atoms with Gasteiger partial charge in [-0.25, -0.2) is 4.79 Å². The Hall–Kier alpha value is -1.84. The third kappa shape index (κ3) is 4.09. The van der Waals surface area contributed by atoms with Crippen LogP contribution >= 0.6 is 0 Å². The van der Waals surface area contributed by atoms with Gasteiger partial charge in [0.1, 0.15) is 6.04 Å². The lowest BCUT2D eigenvalue weighted by Gasteiger charge is -2.35. The molecule has 0 spiro atoms. The lowest BCUT2D eigenvalue weighted by molar-refractivity contribution is -0.143. The number of carbonyl (C=O) groups is 2. The molecular formula is C18H25NO3. The molecule has 0 heterocycles. The van der Waals surface area contributed by atoms with Gasteiger partial charge in [0, 0.05) is 6.42 Å². The molecule has 22 heavy (non-hydrogen) atoms. The van der Waals surface area contributed by atoms with Crippen LogP contribution in [-0.2, 0) is 9.59 Å². The molecule has 1 fully saturated rings. The summed E-state index contributed by atoms with van der Waals surface area (Å²) in [4.78, 5) is 23.3. The Kier molecular flexibility index (Phi) is 5.58. The van der Waals surface area contributed by atoms with Gasteiger partial charge in [-0.3, -0.25) is 4.79 Å². The van der Waals surface area contributed by atoms with Crippen molar-refractivity contribution in [3.63, 3.8) is 0 Å². The number of carboxylic acids is 1. The van der Waals surface area contributed by atoms with Crippen molar-refractivity contribution in [1.82, 2.24) is 5.32 Å². The fourth-order valence-corrected chi connectivity index (χ4v) is 3.08. The molecule has 4 nitrogen and oxygen atoms in total. The molecule has 2 atom stereocenters. The summed E-state index contributed by atoms with van der Waals surface area (Å²) in [6.45, 7) is 3.79. The molecule has 2 N–H and O–H groups in total. The maximum atomic E-state index is 12.1. The molecule has 0 unspecified atom stereocenters. The van der Waals surface area contributed by atoms with E-state index in [1.54, 1.807) is 0 Å². The zero-order valence-corrected chi connectivity index (χ0v) is 13.3. The van der Waals surface area contributed by atoms with Gasteiger partial charge in [-0.2, -0.15) is 0 Å². The molecule has 4 heteroatoms. The van der Waals surface area contributed by atoms with E-state index >= 15 is 0 Å². The second-order valence-electron chi connectivity index (χ2n) is 6.42. The topological polar surface area (TPSA) is 66.4 Å². The zero-order chi connectivity index (χ0) is 16.1. The molecule has 0 aromatic heterocycles. The number of rotatable bonds is 7. The summed E-state index contributed by atoms with van der Waals surface area (Å²) >= 11 is 0. The quantitative estimate of drug-likeness (QED) is 0.813. The maximum absolute atomic E-state index is 12.1. The first kappa shape index (κ1) is 16.5. The van der Waals surface area contributed by atoms with E-state index in [4.69, 9.17) is 0 Å². The summed E-state index contributed by atoms with van der Waals surface area (Å²) in [6, 6.07) is 9.57. The Balaban J connectivity index is 1.78. The molecular weight excluding hydrogens is 278 g/mol. The van der Waals surface area contributed by atoms with Gasteiger partial charge >= 0.3 is 5.97 Å². The number of carbonyl (C=O) groups excluding carboxylic acids is 1. The van der Waals surface area contributed by atoms with Gasteiger partial charge in [0.25, 0.3) is 0 Å². The van der Waals surface area contributed by atoms with Crippen LogP contribution in [0.25, 0.3) is 0 Å². The monoisotopic (exact) mass is 303 g/mol. The molecule has 2 rings (SSSR count). The van der Waals surface area contributed by atoms with Crippen LogP contribution in [0.1, 0.15) is 51.0 Å². The first-order valence-electron chi connectivity index (χ1n) is 8.08. The minimum atomic E-state index is -0.946. The number of amides is 1. The van der Waals surface area contributed by atoms with Crippen molar-refractivity contribution in [1.29, 1.82) is 0 Å². The predicted molar refractivity (Wildman–Crippen MR) is 85.5 cm³/mol. The van der Waals surface area contributed by atoms with Gasteiger partial charge in [0.15, 0.2) is 0 Å². The third-order valence-electron chi connectivity index (χ3n) is 4.78. The smallest absolute Gasteiger partial charge is 0.326 e. The van der Waals surface area contributed by atoms with Crippen molar-refractivity contribution in [2.75, 3.05) is 0 Å². The Morgan fingerprint density at radius 3 is 2.45 bits per heavy atom. The van der Waals surface area contributed by atoms with Gasteiger partial charge in [0.05, 0.1) is 0 Å². The van der Waals surface area contributed by atoms with E-state index in [1.165, 1.54) is 5.56 Å². The maximum Gasteiger partial charge on any atom is 0.326 e. The molecule has 1 aliphatic rings. The molecule has 120 valence electrons. The van der Waals surface area contributed by atoms with E-state index in [2.05, 4.69) is 17.4 Å². The van der Waals surface area contributed by atoms with Crippen LogP contribution in [0, 0.1) is 11.8 Å². The summed E-state index contributed by atoms with van der Waals surface area (Å²) in [5, 5.41) is 11.9. The predicted octanol–water partition coefficient (Wildman–Crippen LogP) is 3.19. The van der Waals surface area contributed by atoms with Crippen LogP contribution in [0.4, 0.5) is 0 Å². The third-order valence-corrected chi connectivity index (χ3v) is 4.78. The molecule has 0 radical (unpaired) electrons. The Labute approximate surface area is 131 Å². The Morgan fingerprint density at radius 2 is 1.91 bits per heavy atom. The van der Waals surface area contributed by atoms with Crippen molar-refractivity contribution in [2.45, 2.75) is 51.5 Å². The van der Waals surface area contributed by atoms with Crippen molar-refractivity contribution in [3.05, 3.63) is 35.9 Å². The van der Waals surface area contributed by atoms with Gasteiger partial charge in [-0.1, -0.05) is 50.6 Å².